The van der Waals surface area contributed by atoms with E-state index in [1.807, 2.05) is 12.1 Å². The van der Waals surface area contributed by atoms with Gasteiger partial charge in [0.25, 0.3) is 0 Å². The van der Waals surface area contributed by atoms with Crippen molar-refractivity contribution in [1.29, 1.82) is 0 Å². The van der Waals surface area contributed by atoms with E-state index in [-0.39, 0.29) is 12.6 Å². The summed E-state index contributed by atoms with van der Waals surface area (Å²) in [6.45, 7) is 4.38. The Balaban J connectivity index is 2.06. The summed E-state index contributed by atoms with van der Waals surface area (Å²) in [5.41, 5.74) is 1.62. The summed E-state index contributed by atoms with van der Waals surface area (Å²) in [5, 5.41) is 5.72. The molecule has 1 saturated heterocycles. The van der Waals surface area contributed by atoms with E-state index in [0.717, 1.165) is 25.9 Å². The SMILES string of the molecule is CCOC(=O)C1=C(CN2CCCCCC2)NC(=O)NC1c1cccc(OC)c1OC. The molecule has 0 saturated carbocycles. The van der Waals surface area contributed by atoms with Gasteiger partial charge in [-0.1, -0.05) is 25.0 Å². The molecule has 2 heterocycles. The van der Waals surface area contributed by atoms with Crippen LogP contribution in [0.3, 0.4) is 0 Å². The number of urea groups is 1. The van der Waals surface area contributed by atoms with Gasteiger partial charge in [-0.15, -0.1) is 0 Å². The van der Waals surface area contributed by atoms with Crippen LogP contribution in [0, 0.1) is 0 Å². The number of hydrogen-bond donors (Lipinski definition) is 2. The zero-order valence-electron chi connectivity index (χ0n) is 18.0. The fourth-order valence-electron chi connectivity index (χ4n) is 4.08. The third-order valence-corrected chi connectivity index (χ3v) is 5.47. The minimum atomic E-state index is -0.704. The molecule has 1 aromatic rings. The van der Waals surface area contributed by atoms with Crippen molar-refractivity contribution in [2.45, 2.75) is 38.6 Å². The van der Waals surface area contributed by atoms with Gasteiger partial charge in [0.2, 0.25) is 0 Å². The van der Waals surface area contributed by atoms with Gasteiger partial charge in [0.15, 0.2) is 11.5 Å². The third kappa shape index (κ3) is 4.87. The molecule has 2 amide bonds. The van der Waals surface area contributed by atoms with E-state index in [9.17, 15) is 9.59 Å². The average molecular weight is 418 g/mol. The van der Waals surface area contributed by atoms with E-state index >= 15 is 0 Å². The summed E-state index contributed by atoms with van der Waals surface area (Å²) >= 11 is 0. The van der Waals surface area contributed by atoms with Gasteiger partial charge < -0.3 is 24.8 Å². The lowest BCUT2D eigenvalue weighted by Crippen LogP contribution is -2.48. The quantitative estimate of drug-likeness (QED) is 0.663. The molecule has 1 unspecified atom stereocenters. The maximum atomic E-state index is 13.0. The second kappa shape index (κ2) is 10.3. The topological polar surface area (TPSA) is 89.1 Å². The minimum Gasteiger partial charge on any atom is -0.493 e. The lowest BCUT2D eigenvalue weighted by atomic mass is 9.93. The zero-order valence-corrected chi connectivity index (χ0v) is 18.0. The van der Waals surface area contributed by atoms with Gasteiger partial charge in [0, 0.05) is 17.8 Å². The highest BCUT2D eigenvalue weighted by molar-refractivity contribution is 5.95. The lowest BCUT2D eigenvalue weighted by Gasteiger charge is -2.32. The predicted octanol–water partition coefficient (Wildman–Crippen LogP) is 2.75. The summed E-state index contributed by atoms with van der Waals surface area (Å²) in [4.78, 5) is 27.8. The first kappa shape index (κ1) is 22.0. The van der Waals surface area contributed by atoms with Crippen molar-refractivity contribution in [3.8, 4) is 11.5 Å². The van der Waals surface area contributed by atoms with Gasteiger partial charge >= 0.3 is 12.0 Å². The maximum absolute atomic E-state index is 13.0. The first-order chi connectivity index (χ1) is 14.6. The highest BCUT2D eigenvalue weighted by Crippen LogP contribution is 2.39. The normalized spacial score (nSPS) is 20.1. The fraction of sp³-hybridized carbons (Fsp3) is 0.545. The van der Waals surface area contributed by atoms with Crippen molar-refractivity contribution in [2.24, 2.45) is 0 Å². The van der Waals surface area contributed by atoms with Crippen LogP contribution in [0.25, 0.3) is 0 Å². The van der Waals surface area contributed by atoms with Crippen LogP contribution in [0.15, 0.2) is 29.5 Å². The van der Waals surface area contributed by atoms with Gasteiger partial charge in [0.05, 0.1) is 32.4 Å². The Morgan fingerprint density at radius 2 is 1.87 bits per heavy atom. The lowest BCUT2D eigenvalue weighted by molar-refractivity contribution is -0.139. The molecule has 0 bridgehead atoms. The maximum Gasteiger partial charge on any atom is 0.338 e. The van der Waals surface area contributed by atoms with E-state index in [4.69, 9.17) is 14.2 Å². The van der Waals surface area contributed by atoms with E-state index < -0.39 is 12.0 Å². The van der Waals surface area contributed by atoms with E-state index in [1.54, 1.807) is 20.1 Å². The number of benzene rings is 1. The largest absolute Gasteiger partial charge is 0.493 e. The second-order valence-corrected chi connectivity index (χ2v) is 7.42. The Morgan fingerprint density at radius 3 is 2.50 bits per heavy atom. The molecule has 0 spiro atoms. The monoisotopic (exact) mass is 417 g/mol. The van der Waals surface area contributed by atoms with Crippen LogP contribution in [0.1, 0.15) is 44.2 Å². The number of ether oxygens (including phenoxy) is 3. The van der Waals surface area contributed by atoms with Crippen LogP contribution in [0.2, 0.25) is 0 Å². The van der Waals surface area contributed by atoms with Crippen LogP contribution in [0.5, 0.6) is 11.5 Å². The van der Waals surface area contributed by atoms with Crippen molar-refractivity contribution in [3.05, 3.63) is 35.0 Å². The average Bonchev–Trinajstić information content (AvgIpc) is 3.01. The van der Waals surface area contributed by atoms with Crippen molar-refractivity contribution >= 4 is 12.0 Å². The highest BCUT2D eigenvalue weighted by Gasteiger charge is 2.36. The van der Waals surface area contributed by atoms with E-state index in [2.05, 4.69) is 15.5 Å². The minimum absolute atomic E-state index is 0.245. The molecule has 8 nitrogen and oxygen atoms in total. The number of rotatable bonds is 7. The number of methoxy groups -OCH3 is 2. The van der Waals surface area contributed by atoms with Crippen LogP contribution in [-0.4, -0.2) is 57.4 Å². The number of likely N-dealkylation sites (tertiary alicyclic amines) is 1. The van der Waals surface area contributed by atoms with Crippen molar-refractivity contribution in [2.75, 3.05) is 40.5 Å². The molecule has 0 radical (unpaired) electrons. The van der Waals surface area contributed by atoms with Gasteiger partial charge in [-0.2, -0.15) is 0 Å². The van der Waals surface area contributed by atoms with Gasteiger partial charge in [0.1, 0.15) is 0 Å². The van der Waals surface area contributed by atoms with Crippen LogP contribution in [0.4, 0.5) is 4.79 Å². The number of carbonyl (C=O) groups is 2. The summed E-state index contributed by atoms with van der Waals surface area (Å²) in [5.74, 6) is 0.549. The Kier molecular flexibility index (Phi) is 7.57. The zero-order chi connectivity index (χ0) is 21.5. The number of esters is 1. The number of hydrogen-bond acceptors (Lipinski definition) is 6. The molecular weight excluding hydrogens is 386 g/mol. The second-order valence-electron chi connectivity index (χ2n) is 7.42. The van der Waals surface area contributed by atoms with Crippen molar-refractivity contribution in [3.63, 3.8) is 0 Å². The molecule has 0 aliphatic carbocycles. The molecule has 0 aromatic heterocycles. The van der Waals surface area contributed by atoms with Crippen molar-refractivity contribution in [1.82, 2.24) is 15.5 Å². The molecule has 1 fully saturated rings. The number of carbonyl (C=O) groups excluding carboxylic acids is 2. The smallest absolute Gasteiger partial charge is 0.338 e. The Morgan fingerprint density at radius 1 is 1.13 bits per heavy atom. The molecule has 8 heteroatoms. The Hall–Kier alpha value is -2.74. The molecule has 1 atom stereocenters. The Labute approximate surface area is 177 Å². The summed E-state index contributed by atoms with van der Waals surface area (Å²) in [6.07, 6.45) is 4.64. The number of nitrogens with zero attached hydrogens (tertiary/aromatic N) is 1. The van der Waals surface area contributed by atoms with Crippen LogP contribution in [-0.2, 0) is 9.53 Å². The number of amides is 2. The van der Waals surface area contributed by atoms with Crippen molar-refractivity contribution < 1.29 is 23.8 Å². The molecule has 3 rings (SSSR count). The van der Waals surface area contributed by atoms with E-state index in [0.29, 0.717) is 34.9 Å². The fourth-order valence-corrected chi connectivity index (χ4v) is 4.08. The summed E-state index contributed by atoms with van der Waals surface area (Å²) in [7, 11) is 3.09. The summed E-state index contributed by atoms with van der Waals surface area (Å²) < 4.78 is 16.3. The molecule has 2 N–H and O–H groups in total. The molecule has 30 heavy (non-hydrogen) atoms. The third-order valence-electron chi connectivity index (χ3n) is 5.47. The first-order valence-corrected chi connectivity index (χ1v) is 10.5. The van der Waals surface area contributed by atoms with Crippen LogP contribution < -0.4 is 20.1 Å². The number of nitrogens with one attached hydrogen (secondary N) is 2. The van der Waals surface area contributed by atoms with Gasteiger partial charge in [-0.3, -0.25) is 4.90 Å². The van der Waals surface area contributed by atoms with Gasteiger partial charge in [-0.25, -0.2) is 9.59 Å². The van der Waals surface area contributed by atoms with Crippen LogP contribution >= 0.6 is 0 Å². The molecule has 1 aromatic carbocycles. The molecule has 2 aliphatic heterocycles. The highest BCUT2D eigenvalue weighted by atomic mass is 16.5. The molecular formula is C22H31N3O5. The first-order valence-electron chi connectivity index (χ1n) is 10.5. The van der Waals surface area contributed by atoms with E-state index in [1.165, 1.54) is 20.0 Å². The summed E-state index contributed by atoms with van der Waals surface area (Å²) in [6, 6.07) is 4.34. The Bertz CT molecular complexity index is 800. The number of para-hydroxylation sites is 1. The van der Waals surface area contributed by atoms with Gasteiger partial charge in [-0.05, 0) is 38.9 Å². The molecule has 164 valence electrons. The standard InChI is InChI=1S/C22H31N3O5/c1-4-30-21(26)18-16(14-25-12-7-5-6-8-13-25)23-22(27)24-19(18)15-10-9-11-17(28-2)20(15)29-3/h9-11,19H,4-8,12-14H2,1-3H3,(H2,23,24,27). The predicted molar refractivity (Wildman–Crippen MR) is 113 cm³/mol. The molecule has 2 aliphatic rings.